The van der Waals surface area contributed by atoms with Crippen LogP contribution in [0.5, 0.6) is 0 Å². The number of carboxylic acids is 1. The molecule has 0 fully saturated rings. The molecule has 1 heterocycles. The number of carbonyl (C=O) groups excluding carboxylic acids is 1. The summed E-state index contributed by atoms with van der Waals surface area (Å²) in [5, 5.41) is 18.7. The Morgan fingerprint density at radius 2 is 2.00 bits per heavy atom. The van der Waals surface area contributed by atoms with Crippen LogP contribution in [0.4, 0.5) is 10.5 Å². The molecule has 0 aromatic carbocycles. The second-order valence-electron chi connectivity index (χ2n) is 5.40. The minimum absolute atomic E-state index is 0.0967. The monoisotopic (exact) mass is 296 g/mol. The van der Waals surface area contributed by atoms with Crippen LogP contribution in [0, 0.1) is 5.41 Å². The van der Waals surface area contributed by atoms with Crippen LogP contribution in [0.2, 0.25) is 0 Å². The van der Waals surface area contributed by atoms with Gasteiger partial charge in [0.15, 0.2) is 0 Å². The molecule has 1 rings (SSSR count). The highest BCUT2D eigenvalue weighted by atomic mass is 16.4. The molecular weight excluding hydrogens is 272 g/mol. The van der Waals surface area contributed by atoms with Crippen LogP contribution in [0.15, 0.2) is 12.4 Å². The van der Waals surface area contributed by atoms with E-state index in [-0.39, 0.29) is 12.6 Å². The molecule has 0 radical (unpaired) electrons. The second-order valence-corrected chi connectivity index (χ2v) is 5.40. The summed E-state index contributed by atoms with van der Waals surface area (Å²) in [4.78, 5) is 23.2. The summed E-state index contributed by atoms with van der Waals surface area (Å²) >= 11 is 0. The molecule has 1 aromatic heterocycles. The van der Waals surface area contributed by atoms with E-state index in [1.165, 1.54) is 0 Å². The van der Waals surface area contributed by atoms with Crippen LogP contribution >= 0.6 is 0 Å². The number of aromatic nitrogens is 2. The molecule has 0 bridgehead atoms. The zero-order valence-corrected chi connectivity index (χ0v) is 13.0. The van der Waals surface area contributed by atoms with E-state index in [0.717, 1.165) is 0 Å². The van der Waals surface area contributed by atoms with Gasteiger partial charge >= 0.3 is 12.0 Å². The summed E-state index contributed by atoms with van der Waals surface area (Å²) < 4.78 is 1.73. The first-order valence-electron chi connectivity index (χ1n) is 7.17. The Balaban J connectivity index is 2.58. The van der Waals surface area contributed by atoms with Crippen molar-refractivity contribution < 1.29 is 14.7 Å². The number of nitrogens with one attached hydrogen (secondary N) is 2. The lowest BCUT2D eigenvalue weighted by Crippen LogP contribution is -2.43. The molecular formula is C14H24N4O3. The van der Waals surface area contributed by atoms with Crippen molar-refractivity contribution in [2.75, 3.05) is 11.9 Å². The Hall–Kier alpha value is -2.05. The van der Waals surface area contributed by atoms with Crippen molar-refractivity contribution in [3.63, 3.8) is 0 Å². The number of rotatable bonds is 7. The van der Waals surface area contributed by atoms with Crippen LogP contribution in [0.25, 0.3) is 0 Å². The van der Waals surface area contributed by atoms with Crippen LogP contribution in [0.1, 0.15) is 46.6 Å². The molecule has 3 N–H and O–H groups in total. The zero-order chi connectivity index (χ0) is 16.0. The van der Waals surface area contributed by atoms with E-state index in [9.17, 15) is 14.7 Å². The van der Waals surface area contributed by atoms with Crippen LogP contribution in [0.3, 0.4) is 0 Å². The van der Waals surface area contributed by atoms with E-state index in [1.54, 1.807) is 17.1 Å². The maximum absolute atomic E-state index is 11.8. The molecule has 7 nitrogen and oxygen atoms in total. The van der Waals surface area contributed by atoms with Gasteiger partial charge in [0, 0.05) is 18.8 Å². The summed E-state index contributed by atoms with van der Waals surface area (Å²) in [6.07, 6.45) is 4.22. The fourth-order valence-corrected chi connectivity index (χ4v) is 1.99. The summed E-state index contributed by atoms with van der Waals surface area (Å²) in [7, 11) is 0. The maximum atomic E-state index is 11.8. The topological polar surface area (TPSA) is 96.3 Å². The normalized spacial score (nSPS) is 11.5. The molecule has 0 aliphatic rings. The van der Waals surface area contributed by atoms with Gasteiger partial charge in [0.1, 0.15) is 0 Å². The molecule has 0 aliphatic heterocycles. The van der Waals surface area contributed by atoms with Crippen molar-refractivity contribution in [2.24, 2.45) is 5.41 Å². The third kappa shape index (κ3) is 4.21. The predicted molar refractivity (Wildman–Crippen MR) is 80.3 cm³/mol. The Bertz CT molecular complexity index is 492. The lowest BCUT2D eigenvalue weighted by atomic mass is 9.82. The number of amides is 2. The molecule has 0 unspecified atom stereocenters. The molecule has 0 aliphatic carbocycles. The van der Waals surface area contributed by atoms with Gasteiger partial charge in [-0.15, -0.1) is 0 Å². The standard InChI is InChI=1S/C14H24N4O3/c1-5-14(6-2,12(19)20)9-15-13(21)17-11-7-16-18(8-11)10(3)4/h7-8,10H,5-6,9H2,1-4H3,(H,19,20)(H2,15,17,21). The van der Waals surface area contributed by atoms with Crippen LogP contribution in [-0.2, 0) is 4.79 Å². The number of urea groups is 1. The van der Waals surface area contributed by atoms with E-state index in [2.05, 4.69) is 15.7 Å². The van der Waals surface area contributed by atoms with Gasteiger partial charge in [-0.3, -0.25) is 9.48 Å². The first-order valence-corrected chi connectivity index (χ1v) is 7.17. The van der Waals surface area contributed by atoms with Crippen LogP contribution < -0.4 is 10.6 Å². The van der Waals surface area contributed by atoms with Gasteiger partial charge in [-0.25, -0.2) is 4.79 Å². The Morgan fingerprint density at radius 1 is 1.38 bits per heavy atom. The van der Waals surface area contributed by atoms with E-state index in [0.29, 0.717) is 18.5 Å². The Kier molecular flexibility index (Phi) is 5.75. The van der Waals surface area contributed by atoms with Crippen molar-refractivity contribution in [3.8, 4) is 0 Å². The first kappa shape index (κ1) is 17.0. The lowest BCUT2D eigenvalue weighted by Gasteiger charge is -2.26. The van der Waals surface area contributed by atoms with Crippen molar-refractivity contribution in [2.45, 2.75) is 46.6 Å². The fraction of sp³-hybridized carbons (Fsp3) is 0.643. The van der Waals surface area contributed by atoms with Gasteiger partial charge in [0.2, 0.25) is 0 Å². The van der Waals surface area contributed by atoms with Gasteiger partial charge < -0.3 is 15.7 Å². The lowest BCUT2D eigenvalue weighted by molar-refractivity contribution is -0.149. The van der Waals surface area contributed by atoms with Gasteiger partial charge in [-0.1, -0.05) is 13.8 Å². The van der Waals surface area contributed by atoms with E-state index < -0.39 is 17.4 Å². The third-order valence-corrected chi connectivity index (χ3v) is 3.78. The summed E-state index contributed by atoms with van der Waals surface area (Å²) in [6, 6.07) is -0.214. The fourth-order valence-electron chi connectivity index (χ4n) is 1.99. The zero-order valence-electron chi connectivity index (χ0n) is 13.0. The maximum Gasteiger partial charge on any atom is 0.319 e. The van der Waals surface area contributed by atoms with E-state index >= 15 is 0 Å². The van der Waals surface area contributed by atoms with Gasteiger partial charge in [-0.05, 0) is 26.7 Å². The highest BCUT2D eigenvalue weighted by molar-refractivity contribution is 5.89. The molecule has 118 valence electrons. The second kappa shape index (κ2) is 7.10. The highest BCUT2D eigenvalue weighted by Gasteiger charge is 2.35. The number of nitrogens with zero attached hydrogens (tertiary/aromatic N) is 2. The smallest absolute Gasteiger partial charge is 0.319 e. The molecule has 0 spiro atoms. The molecule has 7 heteroatoms. The predicted octanol–water partition coefficient (Wildman–Crippen LogP) is 2.48. The largest absolute Gasteiger partial charge is 0.481 e. The molecule has 0 saturated heterocycles. The Morgan fingerprint density at radius 3 is 2.43 bits per heavy atom. The molecule has 0 atom stereocenters. The van der Waals surface area contributed by atoms with Crippen molar-refractivity contribution >= 4 is 17.7 Å². The number of hydrogen-bond acceptors (Lipinski definition) is 3. The molecule has 21 heavy (non-hydrogen) atoms. The van der Waals surface area contributed by atoms with Gasteiger partial charge in [0.05, 0.1) is 17.3 Å². The van der Waals surface area contributed by atoms with E-state index in [4.69, 9.17) is 0 Å². The molecule has 0 saturated carbocycles. The summed E-state index contributed by atoms with van der Waals surface area (Å²) in [5.74, 6) is -0.888. The highest BCUT2D eigenvalue weighted by Crippen LogP contribution is 2.25. The first-order chi connectivity index (χ1) is 9.84. The molecule has 2 amide bonds. The van der Waals surface area contributed by atoms with Gasteiger partial charge in [0.25, 0.3) is 0 Å². The van der Waals surface area contributed by atoms with Crippen molar-refractivity contribution in [1.82, 2.24) is 15.1 Å². The number of hydrogen-bond donors (Lipinski definition) is 3. The number of aliphatic carboxylic acids is 1. The van der Waals surface area contributed by atoms with Crippen molar-refractivity contribution in [1.29, 1.82) is 0 Å². The number of anilines is 1. The quantitative estimate of drug-likeness (QED) is 0.720. The minimum atomic E-state index is -0.917. The number of carboxylic acid groups (broad SMARTS) is 1. The van der Waals surface area contributed by atoms with E-state index in [1.807, 2.05) is 27.7 Å². The minimum Gasteiger partial charge on any atom is -0.481 e. The third-order valence-electron chi connectivity index (χ3n) is 3.78. The molecule has 1 aromatic rings. The average Bonchev–Trinajstić information content (AvgIpc) is 2.88. The SMILES string of the molecule is CCC(CC)(CNC(=O)Nc1cnn(C(C)C)c1)C(=O)O. The van der Waals surface area contributed by atoms with Gasteiger partial charge in [-0.2, -0.15) is 5.10 Å². The van der Waals surface area contributed by atoms with Crippen LogP contribution in [-0.4, -0.2) is 33.4 Å². The van der Waals surface area contributed by atoms with Crippen molar-refractivity contribution in [3.05, 3.63) is 12.4 Å². The summed E-state index contributed by atoms with van der Waals surface area (Å²) in [5.41, 5.74) is -0.338. The Labute approximate surface area is 124 Å². The summed E-state index contributed by atoms with van der Waals surface area (Å²) in [6.45, 7) is 7.69. The number of carbonyl (C=O) groups is 2. The average molecular weight is 296 g/mol.